The number of benzene rings is 2. The van der Waals surface area contributed by atoms with Gasteiger partial charge in [0, 0.05) is 12.5 Å². The molecule has 1 atom stereocenters. The zero-order valence-electron chi connectivity index (χ0n) is 17.8. The molecule has 0 saturated heterocycles. The molecule has 0 spiro atoms. The molecular weight excluding hydrogens is 488 g/mol. The second-order valence-electron chi connectivity index (χ2n) is 7.23. The predicted molar refractivity (Wildman–Crippen MR) is 127 cm³/mol. The zero-order valence-corrected chi connectivity index (χ0v) is 19.4. The first-order valence-electron chi connectivity index (χ1n) is 10.2. The van der Waals surface area contributed by atoms with Crippen LogP contribution in [0.5, 0.6) is 5.75 Å². The van der Waals surface area contributed by atoms with Gasteiger partial charge in [-0.1, -0.05) is 42.5 Å². The molecule has 0 fully saturated rings. The van der Waals surface area contributed by atoms with Gasteiger partial charge in [0.05, 0.1) is 18.9 Å². The maximum absolute atomic E-state index is 13.0. The van der Waals surface area contributed by atoms with E-state index in [2.05, 4.69) is 21.0 Å². The highest BCUT2D eigenvalue weighted by Crippen LogP contribution is 2.33. The molecule has 33 heavy (non-hydrogen) atoms. The van der Waals surface area contributed by atoms with E-state index in [-0.39, 0.29) is 6.04 Å². The lowest BCUT2D eigenvalue weighted by atomic mass is 9.98. The van der Waals surface area contributed by atoms with E-state index in [9.17, 15) is 9.59 Å². The average Bonchev–Trinajstić information content (AvgIpc) is 3.48. The molecule has 4 rings (SSSR count). The number of ether oxygens (including phenoxy) is 2. The van der Waals surface area contributed by atoms with Gasteiger partial charge >= 0.3 is 5.97 Å². The molecule has 0 N–H and O–H groups in total. The number of furan rings is 1. The van der Waals surface area contributed by atoms with Gasteiger partial charge in [-0.25, -0.2) is 9.80 Å². The molecule has 3 aromatic rings. The van der Waals surface area contributed by atoms with Gasteiger partial charge in [0.2, 0.25) is 0 Å². The van der Waals surface area contributed by atoms with Crippen molar-refractivity contribution in [1.82, 2.24) is 5.01 Å². The summed E-state index contributed by atoms with van der Waals surface area (Å²) in [6, 6.07) is 20.3. The van der Waals surface area contributed by atoms with E-state index in [0.717, 1.165) is 22.6 Å². The zero-order chi connectivity index (χ0) is 23.2. The highest BCUT2D eigenvalue weighted by molar-refractivity contribution is 9.10. The van der Waals surface area contributed by atoms with Gasteiger partial charge in [-0.3, -0.25) is 4.79 Å². The number of methoxy groups -OCH3 is 1. The minimum absolute atomic E-state index is 0.312. The monoisotopic (exact) mass is 508 g/mol. The Morgan fingerprint density at radius 2 is 1.88 bits per heavy atom. The SMILES string of the molecule is COc1ccc(C2CC(c3ccccc3)=NN2C(=O)COC(=O)/C=C/c2ccc(Br)o2)cc1. The standard InChI is InChI=1S/C25H21BrN2O5/c1-31-19-9-7-18(8-10-19)22-15-21(17-5-3-2-4-6-17)27-28(22)24(29)16-32-25(30)14-12-20-11-13-23(26)33-20/h2-14,22H,15-16H2,1H3/b14-12+. The highest BCUT2D eigenvalue weighted by atomic mass is 79.9. The maximum Gasteiger partial charge on any atom is 0.331 e. The Morgan fingerprint density at radius 3 is 2.55 bits per heavy atom. The fourth-order valence-electron chi connectivity index (χ4n) is 3.45. The predicted octanol–water partition coefficient (Wildman–Crippen LogP) is 4.99. The number of halogens is 1. The second kappa shape index (κ2) is 10.3. The van der Waals surface area contributed by atoms with Crippen molar-refractivity contribution in [2.45, 2.75) is 12.5 Å². The lowest BCUT2D eigenvalue weighted by molar-refractivity contribution is -0.149. The van der Waals surface area contributed by atoms with Gasteiger partial charge in [0.25, 0.3) is 5.91 Å². The van der Waals surface area contributed by atoms with Crippen LogP contribution in [0.15, 0.2) is 87.0 Å². The first-order valence-corrected chi connectivity index (χ1v) is 11.0. The van der Waals surface area contributed by atoms with Crippen LogP contribution < -0.4 is 4.74 Å². The number of hydrogen-bond donors (Lipinski definition) is 0. The summed E-state index contributed by atoms with van der Waals surface area (Å²) in [5.74, 6) is 0.150. The molecule has 8 heteroatoms. The van der Waals surface area contributed by atoms with Crippen molar-refractivity contribution in [2.24, 2.45) is 5.10 Å². The Morgan fingerprint density at radius 1 is 1.12 bits per heavy atom. The number of hydrogen-bond acceptors (Lipinski definition) is 6. The highest BCUT2D eigenvalue weighted by Gasteiger charge is 2.33. The first-order chi connectivity index (χ1) is 16.0. The largest absolute Gasteiger partial charge is 0.497 e. The van der Waals surface area contributed by atoms with E-state index in [0.29, 0.717) is 16.9 Å². The molecule has 168 valence electrons. The van der Waals surface area contributed by atoms with E-state index in [4.69, 9.17) is 13.9 Å². The second-order valence-corrected chi connectivity index (χ2v) is 8.01. The van der Waals surface area contributed by atoms with Crippen LogP contribution in [-0.2, 0) is 14.3 Å². The number of carbonyl (C=O) groups is 2. The molecule has 1 aliphatic heterocycles. The summed E-state index contributed by atoms with van der Waals surface area (Å²) in [5, 5.41) is 5.97. The van der Waals surface area contributed by atoms with Crippen molar-refractivity contribution in [3.8, 4) is 5.75 Å². The molecule has 0 saturated carbocycles. The number of carbonyl (C=O) groups excluding carboxylic acids is 2. The van der Waals surface area contributed by atoms with E-state index in [1.165, 1.54) is 17.2 Å². The number of esters is 1. The summed E-state index contributed by atoms with van der Waals surface area (Å²) in [5.41, 5.74) is 2.64. The molecule has 1 unspecified atom stereocenters. The number of amides is 1. The minimum Gasteiger partial charge on any atom is -0.497 e. The summed E-state index contributed by atoms with van der Waals surface area (Å²) in [6.45, 7) is -0.427. The van der Waals surface area contributed by atoms with Crippen LogP contribution in [0.4, 0.5) is 0 Å². The fraction of sp³-hybridized carbons (Fsp3) is 0.160. The van der Waals surface area contributed by atoms with Crippen molar-refractivity contribution < 1.29 is 23.5 Å². The topological polar surface area (TPSA) is 81.3 Å². The molecule has 7 nitrogen and oxygen atoms in total. The molecule has 1 aliphatic rings. The molecule has 0 radical (unpaired) electrons. The van der Waals surface area contributed by atoms with Crippen LogP contribution in [0, 0.1) is 0 Å². The Balaban J connectivity index is 1.48. The van der Waals surface area contributed by atoms with Crippen molar-refractivity contribution >= 4 is 39.6 Å². The molecule has 0 aliphatic carbocycles. The van der Waals surface area contributed by atoms with E-state index in [1.54, 1.807) is 19.2 Å². The Labute approximate surface area is 199 Å². The van der Waals surface area contributed by atoms with Crippen LogP contribution in [0.2, 0.25) is 0 Å². The molecule has 2 aromatic carbocycles. The molecule has 1 aromatic heterocycles. The number of rotatable bonds is 7. The van der Waals surface area contributed by atoms with E-state index in [1.807, 2.05) is 54.6 Å². The molecular formula is C25H21BrN2O5. The van der Waals surface area contributed by atoms with Gasteiger partial charge in [-0.2, -0.15) is 5.10 Å². The normalized spacial score (nSPS) is 15.5. The van der Waals surface area contributed by atoms with Gasteiger partial charge in [-0.05, 0) is 57.4 Å². The maximum atomic E-state index is 13.0. The summed E-state index contributed by atoms with van der Waals surface area (Å²) in [4.78, 5) is 25.0. The summed E-state index contributed by atoms with van der Waals surface area (Å²) in [7, 11) is 1.60. The minimum atomic E-state index is -0.650. The third-order valence-electron chi connectivity index (χ3n) is 5.09. The van der Waals surface area contributed by atoms with Crippen molar-refractivity contribution in [2.75, 3.05) is 13.7 Å². The van der Waals surface area contributed by atoms with Gasteiger partial charge in [0.1, 0.15) is 11.5 Å². The van der Waals surface area contributed by atoms with Crippen LogP contribution in [0.25, 0.3) is 6.08 Å². The van der Waals surface area contributed by atoms with Crippen molar-refractivity contribution in [3.63, 3.8) is 0 Å². The first kappa shape index (κ1) is 22.5. The summed E-state index contributed by atoms with van der Waals surface area (Å²) >= 11 is 3.19. The number of hydrazone groups is 1. The third-order valence-corrected chi connectivity index (χ3v) is 5.52. The Bertz CT molecular complexity index is 1190. The van der Waals surface area contributed by atoms with Crippen molar-refractivity contribution in [1.29, 1.82) is 0 Å². The quantitative estimate of drug-likeness (QED) is 0.331. The molecule has 1 amide bonds. The summed E-state index contributed by atoms with van der Waals surface area (Å²) in [6.07, 6.45) is 3.23. The smallest absolute Gasteiger partial charge is 0.331 e. The Kier molecular flexibility index (Phi) is 7.04. The van der Waals surface area contributed by atoms with E-state index < -0.39 is 18.5 Å². The lowest BCUT2D eigenvalue weighted by Crippen LogP contribution is -2.31. The van der Waals surface area contributed by atoms with Crippen molar-refractivity contribution in [3.05, 3.63) is 94.4 Å². The van der Waals surface area contributed by atoms with Crippen LogP contribution in [-0.4, -0.2) is 36.3 Å². The third kappa shape index (κ3) is 5.59. The summed E-state index contributed by atoms with van der Waals surface area (Å²) < 4.78 is 16.2. The molecule has 0 bridgehead atoms. The van der Waals surface area contributed by atoms with Crippen LogP contribution >= 0.6 is 15.9 Å². The Hall–Kier alpha value is -3.65. The van der Waals surface area contributed by atoms with Crippen LogP contribution in [0.1, 0.15) is 29.3 Å². The average molecular weight is 509 g/mol. The van der Waals surface area contributed by atoms with Gasteiger partial charge in [0.15, 0.2) is 11.3 Å². The van der Waals surface area contributed by atoms with Gasteiger partial charge in [-0.15, -0.1) is 0 Å². The van der Waals surface area contributed by atoms with Gasteiger partial charge < -0.3 is 13.9 Å². The number of nitrogens with zero attached hydrogens (tertiary/aromatic N) is 2. The fourth-order valence-corrected chi connectivity index (χ4v) is 3.77. The van der Waals surface area contributed by atoms with E-state index >= 15 is 0 Å². The molecule has 2 heterocycles. The lowest BCUT2D eigenvalue weighted by Gasteiger charge is -2.22. The van der Waals surface area contributed by atoms with Crippen LogP contribution in [0.3, 0.4) is 0 Å².